The largest absolute Gasteiger partial charge is 0.295 e. The van der Waals surface area contributed by atoms with Gasteiger partial charge in [0.2, 0.25) is 0 Å². The standard InChI is InChI=1S/C11H16N4.C2H6/c1-9(2)14-4-3-5-15-11(8-14)6-10(7-12)13-15;1-2/h6,9H,3-5,8H2,1-2H3;1-2H3. The summed E-state index contributed by atoms with van der Waals surface area (Å²) in [6, 6.07) is 4.55. The van der Waals surface area contributed by atoms with Crippen LogP contribution in [0.4, 0.5) is 0 Å². The lowest BCUT2D eigenvalue weighted by Gasteiger charge is -2.23. The first kappa shape index (κ1) is 13.7. The highest BCUT2D eigenvalue weighted by Crippen LogP contribution is 2.15. The molecule has 0 unspecified atom stereocenters. The monoisotopic (exact) mass is 234 g/mol. The zero-order valence-electron chi connectivity index (χ0n) is 11.3. The fraction of sp³-hybridized carbons (Fsp3) is 0.692. The van der Waals surface area contributed by atoms with Gasteiger partial charge in [-0.1, -0.05) is 13.8 Å². The lowest BCUT2D eigenvalue weighted by atomic mass is 10.2. The van der Waals surface area contributed by atoms with Gasteiger partial charge in [0.15, 0.2) is 5.69 Å². The molecule has 0 fully saturated rings. The number of aryl methyl sites for hydroxylation is 1. The summed E-state index contributed by atoms with van der Waals surface area (Å²) < 4.78 is 1.97. The Morgan fingerprint density at radius 3 is 2.65 bits per heavy atom. The van der Waals surface area contributed by atoms with E-state index in [0.717, 1.165) is 31.7 Å². The van der Waals surface area contributed by atoms with Gasteiger partial charge in [0.1, 0.15) is 6.07 Å². The normalized spacial score (nSPS) is 15.5. The van der Waals surface area contributed by atoms with Gasteiger partial charge in [-0.25, -0.2) is 0 Å². The van der Waals surface area contributed by atoms with Crippen molar-refractivity contribution in [2.24, 2.45) is 0 Å². The van der Waals surface area contributed by atoms with Crippen LogP contribution in [0.2, 0.25) is 0 Å². The second-order valence-electron chi connectivity index (χ2n) is 4.27. The lowest BCUT2D eigenvalue weighted by Crippen LogP contribution is -2.30. The molecule has 0 spiro atoms. The van der Waals surface area contributed by atoms with E-state index in [-0.39, 0.29) is 0 Å². The number of nitrogens with zero attached hydrogens (tertiary/aromatic N) is 4. The van der Waals surface area contributed by atoms with Crippen molar-refractivity contribution in [1.82, 2.24) is 14.7 Å². The van der Waals surface area contributed by atoms with Crippen LogP contribution in [0.15, 0.2) is 6.07 Å². The van der Waals surface area contributed by atoms with E-state index in [2.05, 4.69) is 29.9 Å². The second-order valence-corrected chi connectivity index (χ2v) is 4.27. The summed E-state index contributed by atoms with van der Waals surface area (Å²) in [6.07, 6.45) is 1.11. The third-order valence-electron chi connectivity index (χ3n) is 2.89. The minimum atomic E-state index is 0.538. The molecule has 0 atom stereocenters. The second kappa shape index (κ2) is 6.41. The van der Waals surface area contributed by atoms with Gasteiger partial charge in [-0.15, -0.1) is 0 Å². The van der Waals surface area contributed by atoms with E-state index in [1.807, 2.05) is 24.6 Å². The zero-order valence-corrected chi connectivity index (χ0v) is 11.3. The molecule has 4 nitrogen and oxygen atoms in total. The van der Waals surface area contributed by atoms with Crippen molar-refractivity contribution in [3.05, 3.63) is 17.5 Å². The van der Waals surface area contributed by atoms with Crippen LogP contribution in [0.1, 0.15) is 45.5 Å². The fourth-order valence-electron chi connectivity index (χ4n) is 1.98. The van der Waals surface area contributed by atoms with Crippen molar-refractivity contribution in [3.63, 3.8) is 0 Å². The molecular weight excluding hydrogens is 212 g/mol. The molecule has 2 rings (SSSR count). The maximum atomic E-state index is 8.79. The number of rotatable bonds is 1. The Morgan fingerprint density at radius 1 is 1.35 bits per heavy atom. The minimum absolute atomic E-state index is 0.538. The van der Waals surface area contributed by atoms with Gasteiger partial charge in [-0.3, -0.25) is 9.58 Å². The van der Waals surface area contributed by atoms with E-state index in [0.29, 0.717) is 11.7 Å². The van der Waals surface area contributed by atoms with Crippen LogP contribution in [0.3, 0.4) is 0 Å². The first-order valence-corrected chi connectivity index (χ1v) is 6.41. The minimum Gasteiger partial charge on any atom is -0.295 e. The summed E-state index contributed by atoms with van der Waals surface area (Å²) >= 11 is 0. The summed E-state index contributed by atoms with van der Waals surface area (Å²) in [5.74, 6) is 0. The molecule has 0 aromatic carbocycles. The van der Waals surface area contributed by atoms with Crippen LogP contribution in [0, 0.1) is 11.3 Å². The topological polar surface area (TPSA) is 44.9 Å². The lowest BCUT2D eigenvalue weighted by molar-refractivity contribution is 0.216. The first-order chi connectivity index (χ1) is 8.20. The fourth-order valence-corrected chi connectivity index (χ4v) is 1.98. The molecule has 0 saturated carbocycles. The highest BCUT2D eigenvalue weighted by atomic mass is 15.3. The molecule has 1 aliphatic heterocycles. The Labute approximate surface area is 104 Å². The third-order valence-corrected chi connectivity index (χ3v) is 2.89. The number of aromatic nitrogens is 2. The van der Waals surface area contributed by atoms with Gasteiger partial charge in [-0.05, 0) is 26.3 Å². The molecule has 0 amide bonds. The van der Waals surface area contributed by atoms with Crippen molar-refractivity contribution in [1.29, 1.82) is 5.26 Å². The van der Waals surface area contributed by atoms with Crippen molar-refractivity contribution in [2.75, 3.05) is 6.54 Å². The predicted octanol–water partition coefficient (Wildman–Crippen LogP) is 2.40. The van der Waals surface area contributed by atoms with Gasteiger partial charge in [0, 0.05) is 25.7 Å². The zero-order chi connectivity index (χ0) is 12.8. The number of nitriles is 1. The third kappa shape index (κ3) is 3.31. The van der Waals surface area contributed by atoms with Gasteiger partial charge in [0.05, 0.1) is 5.69 Å². The van der Waals surface area contributed by atoms with E-state index in [1.54, 1.807) is 0 Å². The molecule has 1 aromatic heterocycles. The van der Waals surface area contributed by atoms with E-state index in [4.69, 9.17) is 5.26 Å². The van der Waals surface area contributed by atoms with E-state index < -0.39 is 0 Å². The first-order valence-electron chi connectivity index (χ1n) is 6.41. The Morgan fingerprint density at radius 2 is 2.06 bits per heavy atom. The van der Waals surface area contributed by atoms with Gasteiger partial charge >= 0.3 is 0 Å². The Balaban J connectivity index is 0.000000686. The highest BCUT2D eigenvalue weighted by molar-refractivity contribution is 5.22. The van der Waals surface area contributed by atoms with Gasteiger partial charge < -0.3 is 0 Å². The average molecular weight is 234 g/mol. The summed E-state index contributed by atoms with van der Waals surface area (Å²) in [5, 5.41) is 13.0. The van der Waals surface area contributed by atoms with E-state index in [1.165, 1.54) is 0 Å². The summed E-state index contributed by atoms with van der Waals surface area (Å²) in [6.45, 7) is 11.4. The molecule has 1 aliphatic rings. The van der Waals surface area contributed by atoms with Crippen LogP contribution in [0.25, 0.3) is 0 Å². The van der Waals surface area contributed by atoms with E-state index in [9.17, 15) is 0 Å². The molecule has 0 saturated heterocycles. The average Bonchev–Trinajstić information content (AvgIpc) is 2.62. The van der Waals surface area contributed by atoms with E-state index >= 15 is 0 Å². The molecule has 0 bridgehead atoms. The van der Waals surface area contributed by atoms with Gasteiger partial charge in [-0.2, -0.15) is 10.4 Å². The van der Waals surface area contributed by atoms with Crippen LogP contribution in [0.5, 0.6) is 0 Å². The van der Waals surface area contributed by atoms with Crippen molar-refractivity contribution in [2.45, 2.75) is 53.2 Å². The highest BCUT2D eigenvalue weighted by Gasteiger charge is 2.18. The summed E-state index contributed by atoms with van der Waals surface area (Å²) in [7, 11) is 0. The van der Waals surface area contributed by atoms with Crippen LogP contribution in [-0.2, 0) is 13.1 Å². The number of hydrogen-bond acceptors (Lipinski definition) is 3. The van der Waals surface area contributed by atoms with Crippen molar-refractivity contribution >= 4 is 0 Å². The Kier molecular flexibility index (Phi) is 5.17. The van der Waals surface area contributed by atoms with Crippen molar-refractivity contribution < 1.29 is 0 Å². The maximum absolute atomic E-state index is 8.79. The molecule has 0 aliphatic carbocycles. The molecule has 1 aromatic rings. The molecule has 2 heterocycles. The Bertz CT molecular complexity index is 387. The number of hydrogen-bond donors (Lipinski definition) is 0. The quantitative estimate of drug-likeness (QED) is 0.749. The molecule has 0 N–H and O–H groups in total. The maximum Gasteiger partial charge on any atom is 0.162 e. The SMILES string of the molecule is CC.CC(C)N1CCCn2nc(C#N)cc2C1. The van der Waals surface area contributed by atoms with Crippen LogP contribution in [-0.4, -0.2) is 27.3 Å². The number of fused-ring (bicyclic) bond motifs is 1. The summed E-state index contributed by atoms with van der Waals surface area (Å²) in [4.78, 5) is 2.42. The molecule has 94 valence electrons. The smallest absolute Gasteiger partial charge is 0.162 e. The van der Waals surface area contributed by atoms with Crippen LogP contribution >= 0.6 is 0 Å². The Hall–Kier alpha value is -1.34. The molecule has 4 heteroatoms. The van der Waals surface area contributed by atoms with Gasteiger partial charge in [0.25, 0.3) is 0 Å². The van der Waals surface area contributed by atoms with Crippen molar-refractivity contribution in [3.8, 4) is 6.07 Å². The summed E-state index contributed by atoms with van der Waals surface area (Å²) in [5.41, 5.74) is 1.70. The molecule has 0 radical (unpaired) electrons. The van der Waals surface area contributed by atoms with Crippen LogP contribution < -0.4 is 0 Å². The molecular formula is C13H22N4. The predicted molar refractivity (Wildman–Crippen MR) is 68.5 cm³/mol. The molecule has 17 heavy (non-hydrogen) atoms.